The average molecular weight is 277 g/mol. The summed E-state index contributed by atoms with van der Waals surface area (Å²) >= 11 is 1.52. The predicted octanol–water partition coefficient (Wildman–Crippen LogP) is 3.44. The van der Waals surface area contributed by atoms with Crippen molar-refractivity contribution in [1.29, 1.82) is 0 Å². The summed E-state index contributed by atoms with van der Waals surface area (Å²) < 4.78 is 13.4. The smallest absolute Gasteiger partial charge is 0.123 e. The van der Waals surface area contributed by atoms with Crippen LogP contribution in [0.5, 0.6) is 0 Å². The lowest BCUT2D eigenvalue weighted by Gasteiger charge is -2.16. The normalized spacial score (nSPS) is 12.4. The van der Waals surface area contributed by atoms with Crippen LogP contribution in [0.3, 0.4) is 0 Å². The van der Waals surface area contributed by atoms with Gasteiger partial charge in [0, 0.05) is 17.1 Å². The van der Waals surface area contributed by atoms with Crippen molar-refractivity contribution in [3.05, 3.63) is 48.2 Å². The van der Waals surface area contributed by atoms with E-state index in [0.29, 0.717) is 0 Å². The number of hydrogen-bond acceptors (Lipinski definition) is 4. The summed E-state index contributed by atoms with van der Waals surface area (Å²) in [4.78, 5) is 9.08. The number of benzene rings is 1. The van der Waals surface area contributed by atoms with Gasteiger partial charge in [-0.05, 0) is 43.3 Å². The Kier molecular flexibility index (Phi) is 4.87. The lowest BCUT2D eigenvalue weighted by atomic mass is 10.1. The third-order valence-corrected chi connectivity index (χ3v) is 3.76. The van der Waals surface area contributed by atoms with E-state index in [1.54, 1.807) is 18.3 Å². The number of rotatable bonds is 5. The Morgan fingerprint density at radius 2 is 2.21 bits per heavy atom. The summed E-state index contributed by atoms with van der Waals surface area (Å²) in [6.45, 7) is 4.91. The highest BCUT2D eigenvalue weighted by atomic mass is 32.2. The van der Waals surface area contributed by atoms with Gasteiger partial charge in [-0.1, -0.05) is 18.7 Å². The van der Waals surface area contributed by atoms with E-state index < -0.39 is 0 Å². The lowest BCUT2D eigenvalue weighted by molar-refractivity contribution is 0.574. The molecule has 1 N–H and O–H groups in total. The highest BCUT2D eigenvalue weighted by Crippen LogP contribution is 2.32. The zero-order chi connectivity index (χ0) is 13.7. The van der Waals surface area contributed by atoms with E-state index in [-0.39, 0.29) is 11.9 Å². The first-order valence-corrected chi connectivity index (χ1v) is 6.99. The van der Waals surface area contributed by atoms with Gasteiger partial charge in [0.1, 0.15) is 17.2 Å². The molecule has 1 heterocycles. The molecule has 0 aliphatic rings. The molecule has 0 saturated carbocycles. The highest BCUT2D eigenvalue weighted by Gasteiger charge is 2.12. The summed E-state index contributed by atoms with van der Waals surface area (Å²) in [6.07, 6.45) is 3.21. The molecule has 0 amide bonds. The molecule has 0 aliphatic heterocycles. The number of aromatic nitrogens is 2. The summed E-state index contributed by atoms with van der Waals surface area (Å²) in [5, 5.41) is 4.16. The van der Waals surface area contributed by atoms with Gasteiger partial charge in [-0.25, -0.2) is 14.4 Å². The van der Waals surface area contributed by atoms with Crippen LogP contribution in [0.15, 0.2) is 46.7 Å². The molecule has 1 aromatic heterocycles. The maximum absolute atomic E-state index is 13.4. The Balaban J connectivity index is 2.29. The van der Waals surface area contributed by atoms with Crippen LogP contribution < -0.4 is 5.32 Å². The second-order valence-corrected chi connectivity index (χ2v) is 5.17. The minimum Gasteiger partial charge on any atom is -0.310 e. The van der Waals surface area contributed by atoms with Gasteiger partial charge in [0.05, 0.1) is 0 Å². The fourth-order valence-corrected chi connectivity index (χ4v) is 2.76. The molecule has 19 heavy (non-hydrogen) atoms. The van der Waals surface area contributed by atoms with E-state index in [1.807, 2.05) is 19.9 Å². The van der Waals surface area contributed by atoms with Crippen molar-refractivity contribution in [2.24, 2.45) is 0 Å². The highest BCUT2D eigenvalue weighted by molar-refractivity contribution is 7.99. The second-order valence-electron chi connectivity index (χ2n) is 4.11. The van der Waals surface area contributed by atoms with Gasteiger partial charge in [-0.3, -0.25) is 0 Å². The van der Waals surface area contributed by atoms with Gasteiger partial charge >= 0.3 is 0 Å². The minimum absolute atomic E-state index is 0.102. The molecule has 3 nitrogen and oxygen atoms in total. The quantitative estimate of drug-likeness (QED) is 0.850. The third kappa shape index (κ3) is 3.75. The molecule has 5 heteroatoms. The molecule has 2 rings (SSSR count). The number of hydrogen-bond donors (Lipinski definition) is 1. The van der Waals surface area contributed by atoms with E-state index >= 15 is 0 Å². The lowest BCUT2D eigenvalue weighted by Crippen LogP contribution is -2.18. The number of nitrogens with one attached hydrogen (secondary N) is 1. The maximum atomic E-state index is 13.4. The van der Waals surface area contributed by atoms with Crippen LogP contribution in [0, 0.1) is 5.82 Å². The monoisotopic (exact) mass is 277 g/mol. The Bertz CT molecular complexity index is 533. The average Bonchev–Trinajstić information content (AvgIpc) is 2.42. The van der Waals surface area contributed by atoms with Crippen LogP contribution in [0.1, 0.15) is 25.5 Å². The first kappa shape index (κ1) is 14.0. The van der Waals surface area contributed by atoms with Crippen molar-refractivity contribution in [3.8, 4) is 0 Å². The zero-order valence-corrected chi connectivity index (χ0v) is 11.7. The second kappa shape index (κ2) is 6.63. The summed E-state index contributed by atoms with van der Waals surface area (Å²) in [6, 6.07) is 6.80. The Labute approximate surface area is 116 Å². The van der Waals surface area contributed by atoms with Crippen molar-refractivity contribution >= 4 is 11.8 Å². The Hall–Kier alpha value is -1.46. The fraction of sp³-hybridized carbons (Fsp3) is 0.286. The summed E-state index contributed by atoms with van der Waals surface area (Å²) in [5.74, 6) is -0.216. The Morgan fingerprint density at radius 3 is 2.89 bits per heavy atom. The number of halogens is 1. The van der Waals surface area contributed by atoms with Crippen molar-refractivity contribution in [3.63, 3.8) is 0 Å². The third-order valence-electron chi connectivity index (χ3n) is 2.72. The van der Waals surface area contributed by atoms with Crippen molar-refractivity contribution in [2.75, 3.05) is 6.54 Å². The van der Waals surface area contributed by atoms with E-state index in [1.165, 1.54) is 24.2 Å². The fourth-order valence-electron chi connectivity index (χ4n) is 1.82. The maximum Gasteiger partial charge on any atom is 0.123 e. The van der Waals surface area contributed by atoms with Gasteiger partial charge in [-0.15, -0.1) is 0 Å². The largest absolute Gasteiger partial charge is 0.310 e. The van der Waals surface area contributed by atoms with Gasteiger partial charge in [0.2, 0.25) is 0 Å². The van der Waals surface area contributed by atoms with Crippen LogP contribution in [0.4, 0.5) is 4.39 Å². The van der Waals surface area contributed by atoms with Gasteiger partial charge in [-0.2, -0.15) is 0 Å². The molecule has 0 bridgehead atoms. The molecule has 1 unspecified atom stereocenters. The van der Waals surface area contributed by atoms with Crippen LogP contribution >= 0.6 is 11.8 Å². The van der Waals surface area contributed by atoms with E-state index in [4.69, 9.17) is 0 Å². The molecule has 0 aliphatic carbocycles. The van der Waals surface area contributed by atoms with Gasteiger partial charge in [0.15, 0.2) is 0 Å². The van der Waals surface area contributed by atoms with Gasteiger partial charge < -0.3 is 5.32 Å². The first-order valence-electron chi connectivity index (χ1n) is 6.17. The molecule has 0 fully saturated rings. The first-order chi connectivity index (χ1) is 9.20. The van der Waals surface area contributed by atoms with E-state index in [2.05, 4.69) is 15.3 Å². The van der Waals surface area contributed by atoms with Crippen molar-refractivity contribution < 1.29 is 4.39 Å². The van der Waals surface area contributed by atoms with Crippen LogP contribution in [0.25, 0.3) is 0 Å². The van der Waals surface area contributed by atoms with E-state index in [0.717, 1.165) is 22.0 Å². The van der Waals surface area contributed by atoms with Crippen molar-refractivity contribution in [2.45, 2.75) is 29.8 Å². The van der Waals surface area contributed by atoms with Crippen LogP contribution in [0.2, 0.25) is 0 Å². The molecule has 1 atom stereocenters. The van der Waals surface area contributed by atoms with Crippen molar-refractivity contribution in [1.82, 2.24) is 15.3 Å². The standard InChI is InChI=1S/C14H16FN3S/c1-3-17-10(2)12-8-11(15)4-5-13(12)19-14-6-7-16-9-18-14/h4-10,17H,3H2,1-2H3. The molecule has 100 valence electrons. The van der Waals surface area contributed by atoms with E-state index in [9.17, 15) is 4.39 Å². The molecule has 1 aromatic carbocycles. The van der Waals surface area contributed by atoms with Crippen LogP contribution in [-0.2, 0) is 0 Å². The molecular formula is C14H16FN3S. The van der Waals surface area contributed by atoms with Crippen LogP contribution in [-0.4, -0.2) is 16.5 Å². The summed E-state index contributed by atoms with van der Waals surface area (Å²) in [7, 11) is 0. The topological polar surface area (TPSA) is 37.8 Å². The minimum atomic E-state index is -0.216. The molecule has 0 spiro atoms. The zero-order valence-electron chi connectivity index (χ0n) is 10.9. The molecule has 0 radical (unpaired) electrons. The summed E-state index contributed by atoms with van der Waals surface area (Å²) in [5.41, 5.74) is 0.950. The molecule has 2 aromatic rings. The molecular weight excluding hydrogens is 261 g/mol. The van der Waals surface area contributed by atoms with Gasteiger partial charge in [0.25, 0.3) is 0 Å². The number of nitrogens with zero attached hydrogens (tertiary/aromatic N) is 2. The SMILES string of the molecule is CCNC(C)c1cc(F)ccc1Sc1ccncn1. The Morgan fingerprint density at radius 1 is 1.37 bits per heavy atom. The predicted molar refractivity (Wildman–Crippen MR) is 74.6 cm³/mol. The molecule has 0 saturated heterocycles.